The molecule has 38 heavy (non-hydrogen) atoms. The van der Waals surface area contributed by atoms with Gasteiger partial charge in [-0.2, -0.15) is 0 Å². The smallest absolute Gasteiger partial charge is 0.451 e. The van der Waals surface area contributed by atoms with E-state index in [0.717, 1.165) is 12.0 Å². The molecule has 2 aliphatic rings. The molecule has 2 fully saturated rings. The molecule has 2 amide bonds. The summed E-state index contributed by atoms with van der Waals surface area (Å²) in [5.74, 6) is -1.76. The second-order valence-corrected chi connectivity index (χ2v) is 11.0. The Bertz CT molecular complexity index is 1050. The van der Waals surface area contributed by atoms with E-state index in [-0.39, 0.29) is 38.3 Å². The average Bonchev–Trinajstić information content (AvgIpc) is 3.18. The van der Waals surface area contributed by atoms with Gasteiger partial charge >= 0.3 is 19.2 Å². The minimum absolute atomic E-state index is 0.0392. The molecule has 1 aromatic carbocycles. The van der Waals surface area contributed by atoms with Crippen molar-refractivity contribution < 1.29 is 33.9 Å². The number of esters is 1. The maximum absolute atomic E-state index is 13.8. The van der Waals surface area contributed by atoms with Gasteiger partial charge in [0.25, 0.3) is 0 Å². The molecular weight excluding hydrogens is 493 g/mol. The Morgan fingerprint density at radius 3 is 2.47 bits per heavy atom. The number of rotatable bonds is 10. The van der Waals surface area contributed by atoms with Gasteiger partial charge in [0.15, 0.2) is 5.54 Å². The summed E-state index contributed by atoms with van der Waals surface area (Å²) in [6.45, 7) is 5.01. The lowest BCUT2D eigenvalue weighted by atomic mass is 9.75. The highest BCUT2D eigenvalue weighted by Crippen LogP contribution is 2.41. The predicted molar refractivity (Wildman–Crippen MR) is 138 cm³/mol. The molecule has 1 saturated carbocycles. The van der Waals surface area contributed by atoms with Crippen LogP contribution in [0.3, 0.4) is 0 Å². The van der Waals surface area contributed by atoms with Crippen molar-refractivity contribution in [3.05, 3.63) is 46.3 Å². The molecule has 1 aliphatic heterocycles. The Labute approximate surface area is 222 Å². The summed E-state index contributed by atoms with van der Waals surface area (Å²) in [4.78, 5) is 44.1. The minimum atomic E-state index is -1.70. The SMILES string of the molecule is CC(C)(C)OC(=O)NC1(C(=O)N2C[C@H](CCCB(O)O)[C@](N=[N+]=[N-])(C(=O)OCc3ccccc3)C2)CCC1. The van der Waals surface area contributed by atoms with Gasteiger partial charge in [-0.15, -0.1) is 0 Å². The number of likely N-dealkylation sites (tertiary alicyclic amines) is 1. The summed E-state index contributed by atoms with van der Waals surface area (Å²) in [5, 5.41) is 25.2. The van der Waals surface area contributed by atoms with Crippen LogP contribution in [-0.2, 0) is 25.7 Å². The zero-order valence-electron chi connectivity index (χ0n) is 22.1. The molecule has 206 valence electrons. The molecule has 13 heteroatoms. The zero-order chi connectivity index (χ0) is 28.0. The number of amides is 2. The number of nitrogens with one attached hydrogen (secondary N) is 1. The van der Waals surface area contributed by atoms with Gasteiger partial charge in [0.2, 0.25) is 5.91 Å². The number of hydrogen-bond acceptors (Lipinski definition) is 8. The van der Waals surface area contributed by atoms with Crippen LogP contribution in [-0.4, -0.2) is 69.8 Å². The standard InChI is InChI=1S/C25H36BN5O7/c1-23(2,3)38-22(34)28-24(12-8-13-24)20(32)31-15-19(11-7-14-26(35)36)25(17-31,29-30-27)21(33)37-16-18-9-5-4-6-10-18/h4-6,9-10,19,35-36H,7-8,11-17H2,1-3H3,(H,28,34)/t19-,25-/m0/s1. The first kappa shape index (κ1) is 29.3. The molecule has 1 heterocycles. The van der Waals surface area contributed by atoms with E-state index < -0.39 is 41.8 Å². The quantitative estimate of drug-likeness (QED) is 0.137. The Balaban J connectivity index is 1.84. The van der Waals surface area contributed by atoms with Crippen molar-refractivity contribution in [3.63, 3.8) is 0 Å². The number of benzene rings is 1. The monoisotopic (exact) mass is 529 g/mol. The van der Waals surface area contributed by atoms with Crippen molar-refractivity contribution in [2.45, 2.75) is 82.5 Å². The molecule has 0 radical (unpaired) electrons. The maximum Gasteiger partial charge on any atom is 0.451 e. The van der Waals surface area contributed by atoms with Crippen molar-refractivity contribution in [1.29, 1.82) is 0 Å². The van der Waals surface area contributed by atoms with Crippen molar-refractivity contribution in [1.82, 2.24) is 10.2 Å². The summed E-state index contributed by atoms with van der Waals surface area (Å²) >= 11 is 0. The van der Waals surface area contributed by atoms with E-state index in [0.29, 0.717) is 19.3 Å². The third-order valence-electron chi connectivity index (χ3n) is 7.00. The Hall–Kier alpha value is -3.28. The van der Waals surface area contributed by atoms with E-state index in [9.17, 15) is 30.0 Å². The Morgan fingerprint density at radius 1 is 1.24 bits per heavy atom. The average molecular weight is 529 g/mol. The fourth-order valence-electron chi connectivity index (χ4n) is 4.97. The lowest BCUT2D eigenvalue weighted by molar-refractivity contribution is -0.153. The van der Waals surface area contributed by atoms with Crippen LogP contribution in [0.25, 0.3) is 10.4 Å². The molecule has 0 spiro atoms. The lowest BCUT2D eigenvalue weighted by Crippen LogP contribution is -2.64. The van der Waals surface area contributed by atoms with E-state index in [1.165, 1.54) is 4.90 Å². The van der Waals surface area contributed by atoms with E-state index in [2.05, 4.69) is 15.3 Å². The van der Waals surface area contributed by atoms with Crippen LogP contribution in [0.2, 0.25) is 6.32 Å². The number of hydrogen-bond donors (Lipinski definition) is 3. The number of carbonyl (C=O) groups excluding carboxylic acids is 3. The normalized spacial score (nSPS) is 22.0. The molecule has 0 bridgehead atoms. The molecular formula is C25H36BN5O7. The molecule has 3 N–H and O–H groups in total. The first-order valence-corrected chi connectivity index (χ1v) is 12.8. The third kappa shape index (κ3) is 6.97. The van der Waals surface area contributed by atoms with Gasteiger partial charge in [-0.25, -0.2) is 4.79 Å². The van der Waals surface area contributed by atoms with Gasteiger partial charge in [-0.1, -0.05) is 41.9 Å². The summed E-state index contributed by atoms with van der Waals surface area (Å²) in [5.41, 5.74) is 6.56. The van der Waals surface area contributed by atoms with Gasteiger partial charge in [-0.05, 0) is 63.9 Å². The van der Waals surface area contributed by atoms with Crippen molar-refractivity contribution in [2.24, 2.45) is 11.0 Å². The molecule has 0 aromatic heterocycles. The first-order valence-electron chi connectivity index (χ1n) is 12.8. The lowest BCUT2D eigenvalue weighted by Gasteiger charge is -2.43. The van der Waals surface area contributed by atoms with Gasteiger partial charge in [0.05, 0.1) is 0 Å². The van der Waals surface area contributed by atoms with Gasteiger partial charge in [0, 0.05) is 23.9 Å². The molecule has 1 aromatic rings. The predicted octanol–water partition coefficient (Wildman–Crippen LogP) is 2.94. The Kier molecular flexibility index (Phi) is 9.29. The van der Waals surface area contributed by atoms with Crippen LogP contribution < -0.4 is 5.32 Å². The fraction of sp³-hybridized carbons (Fsp3) is 0.640. The number of azide groups is 1. The van der Waals surface area contributed by atoms with Gasteiger partial charge in [0.1, 0.15) is 17.7 Å². The summed E-state index contributed by atoms with van der Waals surface area (Å²) < 4.78 is 10.9. The van der Waals surface area contributed by atoms with E-state index in [1.54, 1.807) is 45.0 Å². The van der Waals surface area contributed by atoms with Crippen LogP contribution in [0, 0.1) is 5.92 Å². The van der Waals surface area contributed by atoms with E-state index in [4.69, 9.17) is 9.47 Å². The summed E-state index contributed by atoms with van der Waals surface area (Å²) in [6.07, 6.45) is 1.51. The molecule has 2 atom stereocenters. The molecule has 1 aliphatic carbocycles. The highest BCUT2D eigenvalue weighted by Gasteiger charge is 2.57. The van der Waals surface area contributed by atoms with Crippen molar-refractivity contribution in [2.75, 3.05) is 13.1 Å². The molecule has 1 saturated heterocycles. The highest BCUT2D eigenvalue weighted by molar-refractivity contribution is 6.40. The molecule has 3 rings (SSSR count). The van der Waals surface area contributed by atoms with Crippen LogP contribution in [0.5, 0.6) is 0 Å². The second kappa shape index (κ2) is 12.1. The topological polar surface area (TPSA) is 174 Å². The van der Waals surface area contributed by atoms with Gasteiger partial charge < -0.3 is 29.7 Å². The zero-order valence-corrected chi connectivity index (χ0v) is 22.1. The van der Waals surface area contributed by atoms with Crippen LogP contribution in [0.15, 0.2) is 35.4 Å². The fourth-order valence-corrected chi connectivity index (χ4v) is 4.97. The largest absolute Gasteiger partial charge is 0.460 e. The van der Waals surface area contributed by atoms with Crippen LogP contribution >= 0.6 is 0 Å². The number of nitrogens with zero attached hydrogens (tertiary/aromatic N) is 4. The Morgan fingerprint density at radius 2 is 1.92 bits per heavy atom. The molecule has 0 unspecified atom stereocenters. The summed E-state index contributed by atoms with van der Waals surface area (Å²) in [7, 11) is -1.52. The number of alkyl carbamates (subject to hydrolysis) is 1. The number of carbonyl (C=O) groups is 3. The first-order chi connectivity index (χ1) is 17.9. The van der Waals surface area contributed by atoms with Crippen molar-refractivity contribution in [3.8, 4) is 0 Å². The van der Waals surface area contributed by atoms with E-state index in [1.807, 2.05) is 6.07 Å². The van der Waals surface area contributed by atoms with Crippen molar-refractivity contribution >= 4 is 25.1 Å². The second-order valence-electron chi connectivity index (χ2n) is 11.0. The van der Waals surface area contributed by atoms with Gasteiger partial charge in [-0.3, -0.25) is 9.59 Å². The van der Waals surface area contributed by atoms with E-state index >= 15 is 0 Å². The highest BCUT2D eigenvalue weighted by atomic mass is 16.6. The maximum atomic E-state index is 13.8. The van der Waals surface area contributed by atoms with Crippen LogP contribution in [0.1, 0.15) is 58.4 Å². The minimum Gasteiger partial charge on any atom is -0.460 e. The van der Waals surface area contributed by atoms with Crippen LogP contribution in [0.4, 0.5) is 4.79 Å². The molecule has 12 nitrogen and oxygen atoms in total. The summed E-state index contributed by atoms with van der Waals surface area (Å²) in [6, 6.07) is 9.03. The number of ether oxygens (including phenoxy) is 2. The third-order valence-corrected chi connectivity index (χ3v) is 7.00.